The average Bonchev–Trinajstić information content (AvgIpc) is 2.59. The molecule has 0 atom stereocenters. The Labute approximate surface area is 159 Å². The zero-order valence-corrected chi connectivity index (χ0v) is 16.2. The molecule has 5 nitrogen and oxygen atoms in total. The van der Waals surface area contributed by atoms with Crippen molar-refractivity contribution in [3.05, 3.63) is 58.9 Å². The first-order valence-electron chi connectivity index (χ1n) is 7.65. The third-order valence-electron chi connectivity index (χ3n) is 3.80. The Morgan fingerprint density at radius 2 is 1.78 bits per heavy atom. The maximum absolute atomic E-state index is 13.6. The smallest absolute Gasteiger partial charge is 0.296 e. The molecule has 0 fully saturated rings. The number of halogens is 3. The molecule has 10 heteroatoms. The molecule has 0 amide bonds. The maximum Gasteiger partial charge on any atom is 0.418 e. The van der Waals surface area contributed by atoms with E-state index in [9.17, 15) is 26.4 Å². The lowest BCUT2D eigenvalue weighted by atomic mass is 10.1. The lowest BCUT2D eigenvalue weighted by Crippen LogP contribution is -2.28. The van der Waals surface area contributed by atoms with E-state index in [1.807, 2.05) is 0 Å². The fourth-order valence-corrected chi connectivity index (χ4v) is 3.96. The van der Waals surface area contributed by atoms with E-state index in [-0.39, 0.29) is 17.0 Å². The van der Waals surface area contributed by atoms with Crippen LogP contribution in [-0.2, 0) is 27.7 Å². The Morgan fingerprint density at radius 1 is 1.15 bits per heavy atom. The van der Waals surface area contributed by atoms with E-state index in [2.05, 4.69) is 4.98 Å². The minimum atomic E-state index is -4.71. The van der Waals surface area contributed by atoms with Crippen molar-refractivity contribution in [2.24, 2.45) is 0 Å². The summed E-state index contributed by atoms with van der Waals surface area (Å²) in [7, 11) is -2.76. The summed E-state index contributed by atoms with van der Waals surface area (Å²) in [4.78, 5) is 14.9. The molecule has 0 saturated heterocycles. The number of nitrogens with zero attached hydrogens (tertiary/aromatic N) is 2. The Kier molecular flexibility index (Phi) is 6.53. The number of sulfonamides is 1. The molecule has 0 aliphatic rings. The summed E-state index contributed by atoms with van der Waals surface area (Å²) < 4.78 is 64.9. The van der Waals surface area contributed by atoms with Crippen molar-refractivity contribution in [3.8, 4) is 0 Å². The van der Waals surface area contributed by atoms with Crippen molar-refractivity contribution < 1.29 is 26.4 Å². The van der Waals surface area contributed by atoms with E-state index in [4.69, 9.17) is 0 Å². The van der Waals surface area contributed by atoms with Crippen molar-refractivity contribution in [1.29, 1.82) is 0 Å². The Balaban J connectivity index is 2.33. The van der Waals surface area contributed by atoms with Gasteiger partial charge in [-0.05, 0) is 23.3 Å². The third-order valence-corrected chi connectivity index (χ3v) is 6.02. The minimum absolute atomic E-state index is 0.00647. The molecule has 27 heavy (non-hydrogen) atoms. The largest absolute Gasteiger partial charge is 0.418 e. The van der Waals surface area contributed by atoms with Gasteiger partial charge in [0.15, 0.2) is 6.29 Å². The van der Waals surface area contributed by atoms with Gasteiger partial charge in [-0.3, -0.25) is 14.1 Å². The molecule has 0 aliphatic carbocycles. The van der Waals surface area contributed by atoms with Gasteiger partial charge in [-0.2, -0.15) is 24.9 Å². The van der Waals surface area contributed by atoms with Gasteiger partial charge < -0.3 is 0 Å². The van der Waals surface area contributed by atoms with Crippen molar-refractivity contribution in [1.82, 2.24) is 4.98 Å². The van der Waals surface area contributed by atoms with E-state index in [0.29, 0.717) is 21.9 Å². The van der Waals surface area contributed by atoms with Crippen LogP contribution in [0.3, 0.4) is 0 Å². The summed E-state index contributed by atoms with van der Waals surface area (Å²) in [6, 6.07) is 7.17. The number of anilines is 1. The first-order chi connectivity index (χ1) is 12.6. The highest BCUT2D eigenvalue weighted by molar-refractivity contribution is 7.97. The first-order valence-corrected chi connectivity index (χ1v) is 10.7. The van der Waals surface area contributed by atoms with E-state index in [1.165, 1.54) is 30.1 Å². The van der Waals surface area contributed by atoms with Gasteiger partial charge in [0.25, 0.3) is 0 Å². The molecule has 0 bridgehead atoms. The number of thioether (sulfide) groups is 1. The molecule has 2 rings (SSSR count). The molecule has 0 unspecified atom stereocenters. The van der Waals surface area contributed by atoms with E-state index < -0.39 is 27.5 Å². The molecular formula is C17H17F3N2O3S2. The minimum Gasteiger partial charge on any atom is -0.296 e. The van der Waals surface area contributed by atoms with Crippen LogP contribution in [0.2, 0.25) is 0 Å². The molecule has 0 aliphatic heterocycles. The van der Waals surface area contributed by atoms with Gasteiger partial charge in [-0.15, -0.1) is 0 Å². The van der Waals surface area contributed by atoms with Gasteiger partial charge in [-0.1, -0.05) is 18.2 Å². The van der Waals surface area contributed by atoms with Crippen LogP contribution in [0.1, 0.15) is 27.2 Å². The standard InChI is InChI=1S/C17H17F3N2O3S2/c1-22(27(2,24)25)15-7-3-5-13(16(15)17(18,19)20)11-26-10-12-6-4-8-21-14(12)9-23/h3-9H,10-11H2,1-2H3. The number of pyridine rings is 1. The second-order valence-electron chi connectivity index (χ2n) is 5.70. The molecule has 1 heterocycles. The molecule has 146 valence electrons. The van der Waals surface area contributed by atoms with Crippen molar-refractivity contribution in [2.45, 2.75) is 17.7 Å². The number of hydrogen-bond donors (Lipinski definition) is 0. The number of carbonyl (C=O) groups excluding carboxylic acids is 1. The van der Waals surface area contributed by atoms with Crippen LogP contribution in [0.5, 0.6) is 0 Å². The van der Waals surface area contributed by atoms with E-state index in [1.54, 1.807) is 12.1 Å². The molecule has 0 saturated carbocycles. The van der Waals surface area contributed by atoms with Gasteiger partial charge in [0.2, 0.25) is 10.0 Å². The topological polar surface area (TPSA) is 67.3 Å². The third kappa shape index (κ3) is 5.23. The molecular weight excluding hydrogens is 401 g/mol. The molecule has 1 aromatic heterocycles. The fraction of sp³-hybridized carbons (Fsp3) is 0.294. The highest BCUT2D eigenvalue weighted by Gasteiger charge is 2.38. The zero-order valence-electron chi connectivity index (χ0n) is 14.5. The van der Waals surface area contributed by atoms with Crippen molar-refractivity contribution in [3.63, 3.8) is 0 Å². The summed E-state index contributed by atoms with van der Waals surface area (Å²) in [6.07, 6.45) is -1.81. The summed E-state index contributed by atoms with van der Waals surface area (Å²) >= 11 is 1.18. The number of alkyl halides is 3. The fourth-order valence-electron chi connectivity index (χ4n) is 2.43. The molecule has 0 N–H and O–H groups in total. The lowest BCUT2D eigenvalue weighted by molar-refractivity contribution is -0.137. The van der Waals surface area contributed by atoms with Crippen LogP contribution < -0.4 is 4.31 Å². The molecule has 1 aromatic carbocycles. The number of aldehydes is 1. The van der Waals surface area contributed by atoms with Crippen LogP contribution in [0, 0.1) is 0 Å². The van der Waals surface area contributed by atoms with Crippen molar-refractivity contribution in [2.75, 3.05) is 17.6 Å². The van der Waals surface area contributed by atoms with Crippen LogP contribution in [0.4, 0.5) is 18.9 Å². The predicted molar refractivity (Wildman–Crippen MR) is 99.3 cm³/mol. The molecule has 2 aromatic rings. The Bertz CT molecular complexity index is 931. The number of hydrogen-bond acceptors (Lipinski definition) is 5. The number of carbonyl (C=O) groups is 1. The summed E-state index contributed by atoms with van der Waals surface area (Å²) in [5.41, 5.74) is -0.565. The number of rotatable bonds is 7. The summed E-state index contributed by atoms with van der Waals surface area (Å²) in [5, 5.41) is 0. The van der Waals surface area contributed by atoms with E-state index in [0.717, 1.165) is 19.4 Å². The maximum atomic E-state index is 13.6. The molecule has 0 spiro atoms. The summed E-state index contributed by atoms with van der Waals surface area (Å²) in [6.45, 7) is 0. The highest BCUT2D eigenvalue weighted by Crippen LogP contribution is 2.40. The Morgan fingerprint density at radius 3 is 2.37 bits per heavy atom. The number of benzene rings is 1. The van der Waals surface area contributed by atoms with Gasteiger partial charge in [0, 0.05) is 24.8 Å². The molecule has 0 radical (unpaired) electrons. The zero-order chi connectivity index (χ0) is 20.2. The van der Waals surface area contributed by atoms with E-state index >= 15 is 0 Å². The Hall–Kier alpha value is -2.07. The second kappa shape index (κ2) is 8.30. The van der Waals surface area contributed by atoms with Crippen LogP contribution in [0.15, 0.2) is 36.5 Å². The quantitative estimate of drug-likeness (QED) is 0.641. The van der Waals surface area contributed by atoms with Crippen LogP contribution in [-0.4, -0.2) is 33.0 Å². The van der Waals surface area contributed by atoms with Gasteiger partial charge in [0.05, 0.1) is 17.5 Å². The predicted octanol–water partition coefficient (Wildman–Crippen LogP) is 3.74. The van der Waals surface area contributed by atoms with Gasteiger partial charge in [0.1, 0.15) is 5.69 Å². The van der Waals surface area contributed by atoms with Crippen LogP contribution in [0.25, 0.3) is 0 Å². The average molecular weight is 418 g/mol. The SMILES string of the molecule is CN(c1cccc(CSCc2cccnc2C=O)c1C(F)(F)F)S(C)(=O)=O. The lowest BCUT2D eigenvalue weighted by Gasteiger charge is -2.23. The second-order valence-corrected chi connectivity index (χ2v) is 8.70. The van der Waals surface area contributed by atoms with Crippen molar-refractivity contribution >= 4 is 33.8 Å². The highest BCUT2D eigenvalue weighted by atomic mass is 32.2. The normalized spacial score (nSPS) is 12.0. The summed E-state index contributed by atoms with van der Waals surface area (Å²) in [5.74, 6) is 0.291. The van der Waals surface area contributed by atoms with Gasteiger partial charge >= 0.3 is 6.18 Å². The number of aromatic nitrogens is 1. The first kappa shape index (κ1) is 21.2. The van der Waals surface area contributed by atoms with Crippen LogP contribution >= 0.6 is 11.8 Å². The monoisotopic (exact) mass is 418 g/mol. The van der Waals surface area contributed by atoms with Gasteiger partial charge in [-0.25, -0.2) is 8.42 Å².